The standard InChI is InChI=1S/C21H22N2O5S/c1-11-13(3)29-20(23-14(4)24)19(11)21(26)27-10-18(25)22-12(2)17-9-15-7-5-6-8-16(15)28-17/h5-9,12H,10H2,1-4H3,(H,22,25)(H,23,24)/t12-/m0/s1. The Labute approximate surface area is 172 Å². The number of rotatable bonds is 6. The maximum Gasteiger partial charge on any atom is 0.341 e. The second-order valence-corrected chi connectivity index (χ2v) is 7.95. The van der Waals surface area contributed by atoms with Crippen molar-refractivity contribution in [3.05, 3.63) is 52.1 Å². The minimum Gasteiger partial charge on any atom is -0.459 e. The van der Waals surface area contributed by atoms with E-state index in [-0.39, 0.29) is 17.5 Å². The number of furan rings is 1. The van der Waals surface area contributed by atoms with Crippen LogP contribution in [0.3, 0.4) is 0 Å². The monoisotopic (exact) mass is 414 g/mol. The van der Waals surface area contributed by atoms with Crippen LogP contribution in [0.25, 0.3) is 11.0 Å². The quantitative estimate of drug-likeness (QED) is 0.592. The molecule has 0 aliphatic carbocycles. The molecular weight excluding hydrogens is 392 g/mol. The number of hydrogen-bond acceptors (Lipinski definition) is 6. The average Bonchev–Trinajstić information content (AvgIpc) is 3.21. The Morgan fingerprint density at radius 3 is 2.62 bits per heavy atom. The zero-order valence-electron chi connectivity index (χ0n) is 16.6. The van der Waals surface area contributed by atoms with E-state index in [4.69, 9.17) is 9.15 Å². The molecule has 0 fully saturated rings. The Kier molecular flexibility index (Phi) is 6.03. The Hall–Kier alpha value is -3.13. The van der Waals surface area contributed by atoms with Crippen molar-refractivity contribution in [1.29, 1.82) is 0 Å². The number of esters is 1. The number of para-hydroxylation sites is 1. The zero-order valence-corrected chi connectivity index (χ0v) is 17.4. The lowest BCUT2D eigenvalue weighted by Crippen LogP contribution is -2.31. The van der Waals surface area contributed by atoms with Crippen molar-refractivity contribution in [2.24, 2.45) is 0 Å². The molecule has 0 unspecified atom stereocenters. The van der Waals surface area contributed by atoms with E-state index in [1.807, 2.05) is 37.3 Å². The molecule has 1 atom stereocenters. The van der Waals surface area contributed by atoms with Crippen LogP contribution in [0.5, 0.6) is 0 Å². The third-order valence-electron chi connectivity index (χ3n) is 4.46. The lowest BCUT2D eigenvalue weighted by molar-refractivity contribution is -0.125. The number of fused-ring (bicyclic) bond motifs is 1. The van der Waals surface area contributed by atoms with Crippen LogP contribution >= 0.6 is 11.3 Å². The first-order chi connectivity index (χ1) is 13.8. The maximum absolute atomic E-state index is 12.5. The van der Waals surface area contributed by atoms with Gasteiger partial charge in [0.1, 0.15) is 16.3 Å². The third-order valence-corrected chi connectivity index (χ3v) is 5.58. The predicted octanol–water partition coefficient (Wildman–Crippen LogP) is 4.10. The predicted molar refractivity (Wildman–Crippen MR) is 111 cm³/mol. The molecule has 2 N–H and O–H groups in total. The molecule has 0 radical (unpaired) electrons. The van der Waals surface area contributed by atoms with Gasteiger partial charge < -0.3 is 19.8 Å². The summed E-state index contributed by atoms with van der Waals surface area (Å²) in [6, 6.07) is 9.05. The highest BCUT2D eigenvalue weighted by Crippen LogP contribution is 2.33. The molecule has 1 aromatic carbocycles. The van der Waals surface area contributed by atoms with E-state index in [9.17, 15) is 14.4 Å². The Morgan fingerprint density at radius 2 is 1.93 bits per heavy atom. The molecule has 0 aliphatic heterocycles. The summed E-state index contributed by atoms with van der Waals surface area (Å²) in [6.07, 6.45) is 0. The molecule has 8 heteroatoms. The molecule has 7 nitrogen and oxygen atoms in total. The van der Waals surface area contributed by atoms with E-state index >= 15 is 0 Å². The van der Waals surface area contributed by atoms with Gasteiger partial charge in [-0.15, -0.1) is 11.3 Å². The molecule has 2 aromatic heterocycles. The second-order valence-electron chi connectivity index (χ2n) is 6.72. The van der Waals surface area contributed by atoms with Gasteiger partial charge in [0.2, 0.25) is 5.91 Å². The Morgan fingerprint density at radius 1 is 1.21 bits per heavy atom. The summed E-state index contributed by atoms with van der Waals surface area (Å²) < 4.78 is 10.9. The maximum atomic E-state index is 12.5. The highest BCUT2D eigenvalue weighted by Gasteiger charge is 2.23. The first-order valence-electron chi connectivity index (χ1n) is 9.08. The Balaban J connectivity index is 1.62. The molecule has 0 spiro atoms. The summed E-state index contributed by atoms with van der Waals surface area (Å²) in [6.45, 7) is 6.35. The van der Waals surface area contributed by atoms with Crippen molar-refractivity contribution in [3.8, 4) is 0 Å². The lowest BCUT2D eigenvalue weighted by Gasteiger charge is -2.12. The summed E-state index contributed by atoms with van der Waals surface area (Å²) in [5.41, 5.74) is 1.74. The highest BCUT2D eigenvalue weighted by atomic mass is 32.1. The Bertz CT molecular complexity index is 1050. The smallest absolute Gasteiger partial charge is 0.341 e. The number of hydrogen-bond donors (Lipinski definition) is 2. The van der Waals surface area contributed by atoms with Gasteiger partial charge in [0.25, 0.3) is 5.91 Å². The fourth-order valence-corrected chi connectivity index (χ4v) is 3.99. The number of anilines is 1. The fourth-order valence-electron chi connectivity index (χ4n) is 2.89. The van der Waals surface area contributed by atoms with Gasteiger partial charge in [-0.05, 0) is 38.5 Å². The molecular formula is C21H22N2O5S. The molecule has 0 aliphatic rings. The largest absolute Gasteiger partial charge is 0.459 e. The summed E-state index contributed by atoms with van der Waals surface area (Å²) in [5.74, 6) is -0.764. The van der Waals surface area contributed by atoms with E-state index in [0.717, 1.165) is 21.4 Å². The summed E-state index contributed by atoms with van der Waals surface area (Å²) in [7, 11) is 0. The molecule has 0 bridgehead atoms. The van der Waals surface area contributed by atoms with Gasteiger partial charge in [-0.2, -0.15) is 0 Å². The lowest BCUT2D eigenvalue weighted by atomic mass is 10.1. The van der Waals surface area contributed by atoms with Crippen molar-refractivity contribution in [2.75, 3.05) is 11.9 Å². The molecule has 3 rings (SSSR count). The molecule has 0 saturated carbocycles. The number of nitrogens with one attached hydrogen (secondary N) is 2. The molecule has 152 valence electrons. The van der Waals surface area contributed by atoms with Crippen LogP contribution in [-0.2, 0) is 14.3 Å². The molecule has 3 aromatic rings. The molecule has 29 heavy (non-hydrogen) atoms. The van der Waals surface area contributed by atoms with Crippen LogP contribution in [0.15, 0.2) is 34.7 Å². The van der Waals surface area contributed by atoms with Crippen LogP contribution < -0.4 is 10.6 Å². The first-order valence-corrected chi connectivity index (χ1v) is 9.90. The zero-order chi connectivity index (χ0) is 21.1. The van der Waals surface area contributed by atoms with E-state index in [1.165, 1.54) is 18.3 Å². The number of thiophene rings is 1. The van der Waals surface area contributed by atoms with Gasteiger partial charge in [-0.25, -0.2) is 4.79 Å². The fraction of sp³-hybridized carbons (Fsp3) is 0.286. The second kappa shape index (κ2) is 8.48. The van der Waals surface area contributed by atoms with Gasteiger partial charge in [0.05, 0.1) is 11.6 Å². The van der Waals surface area contributed by atoms with E-state index < -0.39 is 18.5 Å². The number of aryl methyl sites for hydroxylation is 1. The number of benzene rings is 1. The average molecular weight is 414 g/mol. The van der Waals surface area contributed by atoms with Crippen molar-refractivity contribution in [1.82, 2.24) is 5.32 Å². The molecule has 2 heterocycles. The molecule has 0 saturated heterocycles. The van der Waals surface area contributed by atoms with Gasteiger partial charge in [-0.3, -0.25) is 9.59 Å². The number of amides is 2. The number of ether oxygens (including phenoxy) is 1. The minimum atomic E-state index is -0.651. The van der Waals surface area contributed by atoms with Crippen LogP contribution in [0.4, 0.5) is 5.00 Å². The highest BCUT2D eigenvalue weighted by molar-refractivity contribution is 7.16. The van der Waals surface area contributed by atoms with Gasteiger partial charge in [0, 0.05) is 17.2 Å². The van der Waals surface area contributed by atoms with Crippen molar-refractivity contribution in [3.63, 3.8) is 0 Å². The van der Waals surface area contributed by atoms with E-state index in [0.29, 0.717) is 10.8 Å². The number of carbonyl (C=O) groups is 3. The first kappa shape index (κ1) is 20.6. The topological polar surface area (TPSA) is 97.6 Å². The van der Waals surface area contributed by atoms with Crippen LogP contribution in [0.2, 0.25) is 0 Å². The van der Waals surface area contributed by atoms with Crippen molar-refractivity contribution in [2.45, 2.75) is 33.7 Å². The van der Waals surface area contributed by atoms with Gasteiger partial charge in [-0.1, -0.05) is 18.2 Å². The van der Waals surface area contributed by atoms with Gasteiger partial charge in [0.15, 0.2) is 6.61 Å². The van der Waals surface area contributed by atoms with Gasteiger partial charge >= 0.3 is 5.97 Å². The SMILES string of the molecule is CC(=O)Nc1sc(C)c(C)c1C(=O)OCC(=O)N[C@@H](C)c1cc2ccccc2o1. The minimum absolute atomic E-state index is 0.279. The summed E-state index contributed by atoms with van der Waals surface area (Å²) in [5, 5.41) is 6.76. The van der Waals surface area contributed by atoms with Crippen LogP contribution in [0.1, 0.15) is 46.4 Å². The van der Waals surface area contributed by atoms with E-state index in [1.54, 1.807) is 13.8 Å². The normalized spacial score (nSPS) is 11.9. The van der Waals surface area contributed by atoms with Crippen molar-refractivity contribution < 1.29 is 23.5 Å². The van der Waals surface area contributed by atoms with Crippen LogP contribution in [-0.4, -0.2) is 24.4 Å². The summed E-state index contributed by atoms with van der Waals surface area (Å²) in [4.78, 5) is 37.0. The molecule has 2 amide bonds. The van der Waals surface area contributed by atoms with E-state index in [2.05, 4.69) is 10.6 Å². The van der Waals surface area contributed by atoms with Crippen LogP contribution in [0, 0.1) is 13.8 Å². The number of carbonyl (C=O) groups excluding carboxylic acids is 3. The van der Waals surface area contributed by atoms with Crippen molar-refractivity contribution >= 4 is 45.1 Å². The summed E-state index contributed by atoms with van der Waals surface area (Å²) >= 11 is 1.30. The third kappa shape index (κ3) is 4.65.